The Morgan fingerprint density at radius 3 is 2.48 bits per heavy atom. The van der Waals surface area contributed by atoms with Gasteiger partial charge >= 0.3 is 0 Å². The predicted molar refractivity (Wildman–Crippen MR) is 98.1 cm³/mol. The van der Waals surface area contributed by atoms with Crippen LogP contribution in [0.1, 0.15) is 5.56 Å². The number of nitrogens with one attached hydrogen (secondary N) is 1. The molecule has 0 saturated carbocycles. The average molecular weight is 391 g/mol. The minimum atomic E-state index is -4.19. The van der Waals surface area contributed by atoms with E-state index in [0.717, 1.165) is 12.1 Å². The first kappa shape index (κ1) is 18.7. The van der Waals surface area contributed by atoms with Crippen molar-refractivity contribution in [1.29, 1.82) is 0 Å². The molecule has 0 aliphatic carbocycles. The Labute approximate surface area is 156 Å². The standard InChI is InChI=1S/C18H18FN3O4S/c1-25-16-10-14(19)18(11-17(16)26-2)27(23,24)21-15-7-4-3-6-13(15)12-22-9-5-8-20-22/h3-11,21H,12H2,1-2H3. The van der Waals surface area contributed by atoms with Crippen LogP contribution in [-0.4, -0.2) is 32.4 Å². The highest BCUT2D eigenvalue weighted by Crippen LogP contribution is 2.33. The van der Waals surface area contributed by atoms with Crippen molar-refractivity contribution < 1.29 is 22.3 Å². The highest BCUT2D eigenvalue weighted by molar-refractivity contribution is 7.92. The summed E-state index contributed by atoms with van der Waals surface area (Å²) in [6, 6.07) is 10.7. The van der Waals surface area contributed by atoms with Crippen molar-refractivity contribution in [3.8, 4) is 11.5 Å². The molecule has 27 heavy (non-hydrogen) atoms. The topological polar surface area (TPSA) is 82.5 Å². The van der Waals surface area contributed by atoms with Gasteiger partial charge in [-0.25, -0.2) is 12.8 Å². The van der Waals surface area contributed by atoms with Crippen LogP contribution in [0.2, 0.25) is 0 Å². The fourth-order valence-electron chi connectivity index (χ4n) is 2.57. The van der Waals surface area contributed by atoms with Crippen molar-refractivity contribution in [2.24, 2.45) is 0 Å². The number of hydrogen-bond donors (Lipinski definition) is 1. The van der Waals surface area contributed by atoms with Crippen molar-refractivity contribution in [3.63, 3.8) is 0 Å². The van der Waals surface area contributed by atoms with Crippen LogP contribution >= 0.6 is 0 Å². The number of sulfonamides is 1. The van der Waals surface area contributed by atoms with Crippen molar-refractivity contribution in [2.75, 3.05) is 18.9 Å². The second-order valence-electron chi connectivity index (χ2n) is 5.60. The molecule has 1 N–H and O–H groups in total. The minimum Gasteiger partial charge on any atom is -0.493 e. The fourth-order valence-corrected chi connectivity index (χ4v) is 3.74. The zero-order chi connectivity index (χ0) is 19.4. The van der Waals surface area contributed by atoms with Gasteiger partial charge in [0, 0.05) is 24.5 Å². The monoisotopic (exact) mass is 391 g/mol. The molecule has 0 spiro atoms. The zero-order valence-electron chi connectivity index (χ0n) is 14.7. The molecule has 0 bridgehead atoms. The van der Waals surface area contributed by atoms with Gasteiger partial charge in [-0.15, -0.1) is 0 Å². The molecule has 7 nitrogen and oxygen atoms in total. The number of benzene rings is 2. The first-order valence-corrected chi connectivity index (χ1v) is 9.42. The molecule has 0 fully saturated rings. The Bertz CT molecular complexity index is 1040. The summed E-state index contributed by atoms with van der Waals surface area (Å²) >= 11 is 0. The summed E-state index contributed by atoms with van der Waals surface area (Å²) in [5.41, 5.74) is 1.02. The van der Waals surface area contributed by atoms with Crippen LogP contribution < -0.4 is 14.2 Å². The summed E-state index contributed by atoms with van der Waals surface area (Å²) in [4.78, 5) is -0.533. The molecule has 3 rings (SSSR count). The van der Waals surface area contributed by atoms with E-state index in [2.05, 4.69) is 9.82 Å². The fraction of sp³-hybridized carbons (Fsp3) is 0.167. The van der Waals surface area contributed by atoms with Gasteiger partial charge in [0.05, 0.1) is 26.5 Å². The molecular formula is C18H18FN3O4S. The summed E-state index contributed by atoms with van der Waals surface area (Å²) in [7, 11) is -1.50. The first-order chi connectivity index (χ1) is 12.9. The SMILES string of the molecule is COc1cc(F)c(S(=O)(=O)Nc2ccccc2Cn2cccn2)cc1OC. The summed E-state index contributed by atoms with van der Waals surface area (Å²) in [6.07, 6.45) is 3.39. The smallest absolute Gasteiger partial charge is 0.264 e. The highest BCUT2D eigenvalue weighted by atomic mass is 32.2. The molecule has 9 heteroatoms. The van der Waals surface area contributed by atoms with Crippen LogP contribution in [0.5, 0.6) is 11.5 Å². The number of para-hydroxylation sites is 1. The van der Waals surface area contributed by atoms with Gasteiger partial charge in [0.25, 0.3) is 10.0 Å². The van der Waals surface area contributed by atoms with Gasteiger partial charge in [-0.1, -0.05) is 18.2 Å². The summed E-state index contributed by atoms with van der Waals surface area (Å²) in [6.45, 7) is 0.361. The number of halogens is 1. The minimum absolute atomic E-state index is 0.105. The van der Waals surface area contributed by atoms with Gasteiger partial charge in [0.1, 0.15) is 10.7 Å². The van der Waals surface area contributed by atoms with E-state index >= 15 is 0 Å². The van der Waals surface area contributed by atoms with Gasteiger partial charge < -0.3 is 9.47 Å². The quantitative estimate of drug-likeness (QED) is 0.670. The van der Waals surface area contributed by atoms with Gasteiger partial charge in [0.15, 0.2) is 11.5 Å². The second kappa shape index (κ2) is 7.67. The van der Waals surface area contributed by atoms with Crippen LogP contribution in [0.3, 0.4) is 0 Å². The van der Waals surface area contributed by atoms with E-state index in [9.17, 15) is 12.8 Å². The third kappa shape index (κ3) is 4.03. The van der Waals surface area contributed by atoms with Crippen LogP contribution in [0.25, 0.3) is 0 Å². The van der Waals surface area contributed by atoms with Gasteiger partial charge in [0.2, 0.25) is 0 Å². The van der Waals surface area contributed by atoms with Crippen molar-refractivity contribution in [2.45, 2.75) is 11.4 Å². The Kier molecular flexibility index (Phi) is 5.31. The molecule has 0 amide bonds. The summed E-state index contributed by atoms with van der Waals surface area (Å²) in [5.74, 6) is -0.721. The normalized spacial score (nSPS) is 11.2. The lowest BCUT2D eigenvalue weighted by Gasteiger charge is -2.15. The largest absolute Gasteiger partial charge is 0.493 e. The molecule has 0 atom stereocenters. The summed E-state index contributed by atoms with van der Waals surface area (Å²) < 4.78 is 54.1. The van der Waals surface area contributed by atoms with Crippen LogP contribution in [0, 0.1) is 5.82 Å². The molecule has 0 aliphatic heterocycles. The van der Waals surface area contributed by atoms with Crippen molar-refractivity contribution in [3.05, 3.63) is 66.2 Å². The molecule has 2 aromatic carbocycles. The molecule has 0 saturated heterocycles. The first-order valence-electron chi connectivity index (χ1n) is 7.94. The van der Waals surface area contributed by atoms with E-state index in [0.29, 0.717) is 17.8 Å². The van der Waals surface area contributed by atoms with Gasteiger partial charge in [-0.3, -0.25) is 9.40 Å². The number of rotatable bonds is 7. The van der Waals surface area contributed by atoms with E-state index in [1.807, 2.05) is 0 Å². The Morgan fingerprint density at radius 1 is 1.11 bits per heavy atom. The third-order valence-electron chi connectivity index (χ3n) is 3.88. The van der Waals surface area contributed by atoms with Crippen molar-refractivity contribution >= 4 is 15.7 Å². The number of methoxy groups -OCH3 is 2. The lowest BCUT2D eigenvalue weighted by atomic mass is 10.2. The number of aromatic nitrogens is 2. The second-order valence-corrected chi connectivity index (χ2v) is 7.25. The van der Waals surface area contributed by atoms with Crippen LogP contribution in [0.4, 0.5) is 10.1 Å². The Morgan fingerprint density at radius 2 is 1.81 bits per heavy atom. The molecule has 0 unspecified atom stereocenters. The molecular weight excluding hydrogens is 373 g/mol. The lowest BCUT2D eigenvalue weighted by Crippen LogP contribution is -2.17. The zero-order valence-corrected chi connectivity index (χ0v) is 15.5. The number of hydrogen-bond acceptors (Lipinski definition) is 5. The van der Waals surface area contributed by atoms with Crippen molar-refractivity contribution in [1.82, 2.24) is 9.78 Å². The summed E-state index contributed by atoms with van der Waals surface area (Å²) in [5, 5.41) is 4.11. The molecule has 1 aromatic heterocycles. The third-order valence-corrected chi connectivity index (χ3v) is 5.26. The average Bonchev–Trinajstić information content (AvgIpc) is 3.15. The van der Waals surface area contributed by atoms with Crippen LogP contribution in [-0.2, 0) is 16.6 Å². The lowest BCUT2D eigenvalue weighted by molar-refractivity contribution is 0.350. The van der Waals surface area contributed by atoms with Gasteiger partial charge in [-0.2, -0.15) is 5.10 Å². The maximum Gasteiger partial charge on any atom is 0.264 e. The van der Waals surface area contributed by atoms with E-state index in [4.69, 9.17) is 9.47 Å². The molecule has 0 radical (unpaired) electrons. The Balaban J connectivity index is 1.96. The maximum absolute atomic E-state index is 14.4. The number of ether oxygens (including phenoxy) is 2. The predicted octanol–water partition coefficient (Wildman–Crippen LogP) is 2.89. The maximum atomic E-state index is 14.4. The molecule has 142 valence electrons. The molecule has 0 aliphatic rings. The molecule has 3 aromatic rings. The Hall–Kier alpha value is -3.07. The van der Waals surface area contributed by atoms with E-state index < -0.39 is 20.7 Å². The van der Waals surface area contributed by atoms with Gasteiger partial charge in [-0.05, 0) is 17.7 Å². The number of nitrogens with zero attached hydrogens (tertiary/aromatic N) is 2. The highest BCUT2D eigenvalue weighted by Gasteiger charge is 2.23. The molecule has 1 heterocycles. The number of anilines is 1. The van der Waals surface area contributed by atoms with Crippen LogP contribution in [0.15, 0.2) is 59.8 Å². The van der Waals surface area contributed by atoms with E-state index in [1.165, 1.54) is 14.2 Å². The van der Waals surface area contributed by atoms with E-state index in [-0.39, 0.29) is 11.5 Å². The van der Waals surface area contributed by atoms with E-state index in [1.54, 1.807) is 47.4 Å².